The summed E-state index contributed by atoms with van der Waals surface area (Å²) >= 11 is 0. The smallest absolute Gasteiger partial charge is 0.269 e. The van der Waals surface area contributed by atoms with Crippen molar-refractivity contribution in [3.8, 4) is 5.75 Å². The predicted molar refractivity (Wildman–Crippen MR) is 92.3 cm³/mol. The number of hydrogen-bond donors (Lipinski definition) is 2. The van der Waals surface area contributed by atoms with Crippen LogP contribution in [0.15, 0.2) is 60.7 Å². The zero-order chi connectivity index (χ0) is 17.1. The maximum atomic E-state index is 11.0. The predicted octanol–water partition coefficient (Wildman–Crippen LogP) is 3.97. The highest BCUT2D eigenvalue weighted by Gasteiger charge is 2.20. The summed E-state index contributed by atoms with van der Waals surface area (Å²) in [5, 5.41) is 32.8. The van der Waals surface area contributed by atoms with Gasteiger partial charge < -0.3 is 10.2 Å². The van der Waals surface area contributed by atoms with Gasteiger partial charge in [0.25, 0.3) is 5.69 Å². The lowest BCUT2D eigenvalue weighted by Crippen LogP contribution is -2.05. The molecule has 0 aliphatic heterocycles. The Bertz CT molecular complexity index is 891. The summed E-state index contributed by atoms with van der Waals surface area (Å²) in [5.74, 6) is -0.169. The van der Waals surface area contributed by atoms with E-state index in [9.17, 15) is 20.3 Å². The number of non-ortho nitro benzene ring substituents is 1. The monoisotopic (exact) mass is 323 g/mol. The molecule has 122 valence electrons. The summed E-state index contributed by atoms with van der Waals surface area (Å²) in [5.41, 5.74) is 1.35. The third-order valence-corrected chi connectivity index (χ3v) is 4.21. The van der Waals surface area contributed by atoms with Gasteiger partial charge in [-0.05, 0) is 17.4 Å². The summed E-state index contributed by atoms with van der Waals surface area (Å²) in [7, 11) is 0. The van der Waals surface area contributed by atoms with Gasteiger partial charge in [-0.15, -0.1) is 0 Å². The van der Waals surface area contributed by atoms with Crippen LogP contribution >= 0.6 is 0 Å². The Morgan fingerprint density at radius 3 is 2.58 bits per heavy atom. The summed E-state index contributed by atoms with van der Waals surface area (Å²) in [6.07, 6.45) is 0.368. The average molecular weight is 323 g/mol. The lowest BCUT2D eigenvalue weighted by atomic mass is 9.86. The van der Waals surface area contributed by atoms with Crippen molar-refractivity contribution in [2.45, 2.75) is 12.3 Å². The van der Waals surface area contributed by atoms with Crippen LogP contribution in [0.2, 0.25) is 0 Å². The van der Waals surface area contributed by atoms with Gasteiger partial charge >= 0.3 is 0 Å². The van der Waals surface area contributed by atoms with Crippen LogP contribution in [0.3, 0.4) is 0 Å². The van der Waals surface area contributed by atoms with E-state index in [0.29, 0.717) is 17.5 Å². The van der Waals surface area contributed by atoms with Crippen LogP contribution in [0.25, 0.3) is 10.8 Å². The molecule has 0 unspecified atom stereocenters. The number of aliphatic hydroxyl groups is 1. The number of aliphatic hydroxyl groups excluding tert-OH is 1. The molecule has 2 N–H and O–H groups in total. The first kappa shape index (κ1) is 16.0. The van der Waals surface area contributed by atoms with Crippen molar-refractivity contribution in [1.82, 2.24) is 0 Å². The Balaban J connectivity index is 2.13. The van der Waals surface area contributed by atoms with Crippen molar-refractivity contribution in [2.75, 3.05) is 6.61 Å². The molecular formula is C19H17NO4. The van der Waals surface area contributed by atoms with Crippen LogP contribution in [0, 0.1) is 10.1 Å². The van der Waals surface area contributed by atoms with E-state index in [1.54, 1.807) is 12.1 Å². The SMILES string of the molecule is O=[N+]([O-])c1cccc([C@H](CCO)c2ccc3ccccc3c2O)c1. The van der Waals surface area contributed by atoms with Crippen molar-refractivity contribution < 1.29 is 15.1 Å². The van der Waals surface area contributed by atoms with E-state index in [-0.39, 0.29) is 24.0 Å². The maximum Gasteiger partial charge on any atom is 0.269 e. The topological polar surface area (TPSA) is 83.6 Å². The van der Waals surface area contributed by atoms with Gasteiger partial charge in [-0.25, -0.2) is 0 Å². The molecule has 3 aromatic carbocycles. The third-order valence-electron chi connectivity index (χ3n) is 4.21. The van der Waals surface area contributed by atoms with Gasteiger partial charge in [0.1, 0.15) is 5.75 Å². The van der Waals surface area contributed by atoms with E-state index in [2.05, 4.69) is 0 Å². The van der Waals surface area contributed by atoms with E-state index in [1.165, 1.54) is 12.1 Å². The molecule has 0 bridgehead atoms. The fraction of sp³-hybridized carbons (Fsp3) is 0.158. The fourth-order valence-electron chi connectivity index (χ4n) is 3.04. The van der Waals surface area contributed by atoms with Crippen molar-refractivity contribution in [2.24, 2.45) is 0 Å². The first-order chi connectivity index (χ1) is 11.6. The molecule has 0 aromatic heterocycles. The second-order valence-electron chi connectivity index (χ2n) is 5.64. The number of benzene rings is 3. The quantitative estimate of drug-likeness (QED) is 0.550. The number of hydrogen-bond acceptors (Lipinski definition) is 4. The Hall–Kier alpha value is -2.92. The second kappa shape index (κ2) is 6.68. The molecule has 0 heterocycles. The lowest BCUT2D eigenvalue weighted by Gasteiger charge is -2.19. The molecule has 0 saturated heterocycles. The number of rotatable bonds is 5. The van der Waals surface area contributed by atoms with Gasteiger partial charge in [0, 0.05) is 35.6 Å². The summed E-state index contributed by atoms with van der Waals surface area (Å²) in [6, 6.07) is 17.5. The highest BCUT2D eigenvalue weighted by Crippen LogP contribution is 2.38. The summed E-state index contributed by atoms with van der Waals surface area (Å²) < 4.78 is 0. The zero-order valence-electron chi connectivity index (χ0n) is 12.9. The molecule has 1 atom stereocenters. The molecule has 0 aliphatic rings. The Morgan fingerprint density at radius 1 is 1.04 bits per heavy atom. The van der Waals surface area contributed by atoms with Crippen LogP contribution in [-0.2, 0) is 0 Å². The maximum absolute atomic E-state index is 11.0. The minimum absolute atomic E-state index is 0.00396. The number of phenols is 1. The Morgan fingerprint density at radius 2 is 1.83 bits per heavy atom. The van der Waals surface area contributed by atoms with Crippen molar-refractivity contribution in [3.63, 3.8) is 0 Å². The number of nitro benzene ring substituents is 1. The molecule has 24 heavy (non-hydrogen) atoms. The largest absolute Gasteiger partial charge is 0.507 e. The molecule has 5 nitrogen and oxygen atoms in total. The van der Waals surface area contributed by atoms with Gasteiger partial charge in [0.05, 0.1) is 4.92 Å². The van der Waals surface area contributed by atoms with Crippen molar-refractivity contribution >= 4 is 16.5 Å². The van der Waals surface area contributed by atoms with Gasteiger partial charge in [0.15, 0.2) is 0 Å². The third kappa shape index (κ3) is 2.94. The number of nitro groups is 1. The van der Waals surface area contributed by atoms with Crippen LogP contribution in [0.5, 0.6) is 5.75 Å². The summed E-state index contributed by atoms with van der Waals surface area (Å²) in [4.78, 5) is 10.6. The highest BCUT2D eigenvalue weighted by molar-refractivity contribution is 5.89. The first-order valence-electron chi connectivity index (χ1n) is 7.67. The van der Waals surface area contributed by atoms with Crippen LogP contribution < -0.4 is 0 Å². The average Bonchev–Trinajstić information content (AvgIpc) is 2.61. The second-order valence-corrected chi connectivity index (χ2v) is 5.64. The van der Waals surface area contributed by atoms with E-state index in [1.807, 2.05) is 36.4 Å². The van der Waals surface area contributed by atoms with E-state index in [0.717, 1.165) is 10.8 Å². The van der Waals surface area contributed by atoms with Crippen molar-refractivity contribution in [1.29, 1.82) is 0 Å². The number of nitrogens with zero attached hydrogens (tertiary/aromatic N) is 1. The molecule has 0 fully saturated rings. The first-order valence-corrected chi connectivity index (χ1v) is 7.67. The molecule has 3 aromatic rings. The Labute approximate surface area is 139 Å². The number of aromatic hydroxyl groups is 1. The standard InChI is InChI=1S/C19H17NO4/c21-11-10-16(14-5-3-6-15(12-14)20(23)24)18-9-8-13-4-1-2-7-17(13)19(18)22/h1-9,12,16,21-22H,10-11H2/t16-/m0/s1. The number of phenolic OH excluding ortho intramolecular Hbond substituents is 1. The molecule has 0 amide bonds. The molecular weight excluding hydrogens is 306 g/mol. The Kier molecular flexibility index (Phi) is 4.44. The minimum Gasteiger partial charge on any atom is -0.507 e. The highest BCUT2D eigenvalue weighted by atomic mass is 16.6. The molecule has 3 rings (SSSR count). The lowest BCUT2D eigenvalue weighted by molar-refractivity contribution is -0.384. The van der Waals surface area contributed by atoms with Crippen molar-refractivity contribution in [3.05, 3.63) is 81.9 Å². The van der Waals surface area contributed by atoms with Gasteiger partial charge in [0.2, 0.25) is 0 Å². The van der Waals surface area contributed by atoms with Crippen LogP contribution in [-0.4, -0.2) is 21.7 Å². The molecule has 0 saturated carbocycles. The summed E-state index contributed by atoms with van der Waals surface area (Å²) in [6.45, 7) is -0.0837. The minimum atomic E-state index is -0.445. The molecule has 0 aliphatic carbocycles. The van der Waals surface area contributed by atoms with Crippen LogP contribution in [0.1, 0.15) is 23.5 Å². The fourth-order valence-corrected chi connectivity index (χ4v) is 3.04. The van der Waals surface area contributed by atoms with Gasteiger partial charge in [-0.2, -0.15) is 0 Å². The van der Waals surface area contributed by atoms with E-state index in [4.69, 9.17) is 0 Å². The van der Waals surface area contributed by atoms with Crippen LogP contribution in [0.4, 0.5) is 5.69 Å². The van der Waals surface area contributed by atoms with E-state index < -0.39 is 4.92 Å². The van der Waals surface area contributed by atoms with Gasteiger partial charge in [-0.1, -0.05) is 48.5 Å². The number of fused-ring (bicyclic) bond motifs is 1. The molecule has 0 radical (unpaired) electrons. The zero-order valence-corrected chi connectivity index (χ0v) is 12.9. The van der Waals surface area contributed by atoms with Gasteiger partial charge in [-0.3, -0.25) is 10.1 Å². The molecule has 5 heteroatoms. The molecule has 0 spiro atoms. The normalized spacial score (nSPS) is 12.2. The van der Waals surface area contributed by atoms with E-state index >= 15 is 0 Å².